The number of aromatic nitrogens is 3. The number of nitriles is 1. The standard InChI is InChI=1S/C15H21N5S/c1-3-15(12-16,17-4-2)9-7-11-21-14-19-18-13-8-5-6-10-20(13)14/h5-6,8,10,17H,3-4,7,9,11H2,1-2H3. The van der Waals surface area contributed by atoms with Crippen molar-refractivity contribution in [3.8, 4) is 6.07 Å². The van der Waals surface area contributed by atoms with Crippen molar-refractivity contribution in [2.45, 2.75) is 43.8 Å². The van der Waals surface area contributed by atoms with Crippen molar-refractivity contribution < 1.29 is 0 Å². The van der Waals surface area contributed by atoms with Gasteiger partial charge in [0.05, 0.1) is 6.07 Å². The number of thioether (sulfide) groups is 1. The lowest BCUT2D eigenvalue weighted by Crippen LogP contribution is -2.43. The lowest BCUT2D eigenvalue weighted by Gasteiger charge is -2.25. The highest BCUT2D eigenvalue weighted by Crippen LogP contribution is 2.22. The Hall–Kier alpha value is -1.58. The van der Waals surface area contributed by atoms with Crippen molar-refractivity contribution in [3.63, 3.8) is 0 Å². The summed E-state index contributed by atoms with van der Waals surface area (Å²) in [6.45, 7) is 4.92. The van der Waals surface area contributed by atoms with E-state index in [1.807, 2.05) is 35.7 Å². The Morgan fingerprint density at radius 2 is 2.24 bits per heavy atom. The minimum atomic E-state index is -0.387. The molecule has 0 saturated heterocycles. The molecule has 5 nitrogen and oxygen atoms in total. The van der Waals surface area contributed by atoms with Gasteiger partial charge in [0.1, 0.15) is 5.54 Å². The summed E-state index contributed by atoms with van der Waals surface area (Å²) in [4.78, 5) is 0. The van der Waals surface area contributed by atoms with Gasteiger partial charge in [0.25, 0.3) is 0 Å². The third kappa shape index (κ3) is 3.74. The number of rotatable bonds is 8. The lowest BCUT2D eigenvalue weighted by molar-refractivity contribution is 0.379. The van der Waals surface area contributed by atoms with Gasteiger partial charge in [0, 0.05) is 11.9 Å². The predicted molar refractivity (Wildman–Crippen MR) is 85.3 cm³/mol. The Morgan fingerprint density at radius 1 is 1.38 bits per heavy atom. The zero-order chi connectivity index (χ0) is 15.1. The summed E-state index contributed by atoms with van der Waals surface area (Å²) in [5.74, 6) is 0.935. The molecule has 0 bridgehead atoms. The van der Waals surface area contributed by atoms with Crippen LogP contribution in [0.3, 0.4) is 0 Å². The Bertz CT molecular complexity index is 618. The first kappa shape index (κ1) is 15.8. The van der Waals surface area contributed by atoms with E-state index in [-0.39, 0.29) is 5.54 Å². The third-order valence-corrected chi connectivity index (χ3v) is 4.62. The van der Waals surface area contributed by atoms with Gasteiger partial charge in [-0.1, -0.05) is 31.7 Å². The summed E-state index contributed by atoms with van der Waals surface area (Å²) in [6.07, 6.45) is 4.64. The van der Waals surface area contributed by atoms with E-state index in [9.17, 15) is 5.26 Å². The minimum absolute atomic E-state index is 0.387. The van der Waals surface area contributed by atoms with E-state index in [0.29, 0.717) is 0 Å². The maximum atomic E-state index is 9.39. The van der Waals surface area contributed by atoms with Crippen LogP contribution in [0.4, 0.5) is 0 Å². The smallest absolute Gasteiger partial charge is 0.195 e. The fourth-order valence-electron chi connectivity index (χ4n) is 2.36. The van der Waals surface area contributed by atoms with Crippen LogP contribution in [-0.4, -0.2) is 32.4 Å². The predicted octanol–water partition coefficient (Wildman–Crippen LogP) is 2.88. The molecule has 0 aliphatic rings. The van der Waals surface area contributed by atoms with E-state index in [1.165, 1.54) is 0 Å². The molecule has 0 aliphatic heterocycles. The largest absolute Gasteiger partial charge is 0.300 e. The fourth-order valence-corrected chi connectivity index (χ4v) is 3.22. The van der Waals surface area contributed by atoms with Crippen LogP contribution in [-0.2, 0) is 0 Å². The van der Waals surface area contributed by atoms with Crippen LogP contribution in [0.25, 0.3) is 5.65 Å². The van der Waals surface area contributed by atoms with E-state index in [4.69, 9.17) is 0 Å². The molecule has 0 radical (unpaired) electrons. The molecular formula is C15H21N5S. The SMILES string of the molecule is CCNC(C#N)(CC)CCCSc1nnc2ccccn12. The van der Waals surface area contributed by atoms with Crippen LogP contribution in [0.1, 0.15) is 33.1 Å². The molecule has 2 aromatic rings. The highest BCUT2D eigenvalue weighted by molar-refractivity contribution is 7.99. The number of nitrogens with one attached hydrogen (secondary N) is 1. The van der Waals surface area contributed by atoms with Gasteiger partial charge in [-0.3, -0.25) is 9.72 Å². The van der Waals surface area contributed by atoms with E-state index >= 15 is 0 Å². The molecule has 1 atom stereocenters. The van der Waals surface area contributed by atoms with Crippen molar-refractivity contribution in [1.29, 1.82) is 5.26 Å². The van der Waals surface area contributed by atoms with E-state index < -0.39 is 0 Å². The summed E-state index contributed by atoms with van der Waals surface area (Å²) in [7, 11) is 0. The molecule has 0 fully saturated rings. The van der Waals surface area contributed by atoms with Crippen LogP contribution in [0.2, 0.25) is 0 Å². The normalized spacial score (nSPS) is 14.0. The maximum absolute atomic E-state index is 9.39. The minimum Gasteiger partial charge on any atom is -0.300 e. The summed E-state index contributed by atoms with van der Waals surface area (Å²) < 4.78 is 1.99. The van der Waals surface area contributed by atoms with Crippen molar-refractivity contribution in [2.24, 2.45) is 0 Å². The third-order valence-electron chi connectivity index (χ3n) is 3.59. The summed E-state index contributed by atoms with van der Waals surface area (Å²) in [6, 6.07) is 8.31. The van der Waals surface area contributed by atoms with Gasteiger partial charge < -0.3 is 0 Å². The molecule has 2 rings (SSSR count). The van der Waals surface area contributed by atoms with Crippen molar-refractivity contribution >= 4 is 17.4 Å². The van der Waals surface area contributed by atoms with Crippen LogP contribution in [0.5, 0.6) is 0 Å². The summed E-state index contributed by atoms with van der Waals surface area (Å²) in [5.41, 5.74) is 0.481. The van der Waals surface area contributed by atoms with Crippen molar-refractivity contribution in [1.82, 2.24) is 19.9 Å². The molecule has 6 heteroatoms. The zero-order valence-electron chi connectivity index (χ0n) is 12.5. The van der Waals surface area contributed by atoms with Gasteiger partial charge >= 0.3 is 0 Å². The molecule has 1 N–H and O–H groups in total. The average molecular weight is 303 g/mol. The lowest BCUT2D eigenvalue weighted by atomic mass is 9.92. The molecule has 0 saturated carbocycles. The Kier molecular flexibility index (Phi) is 5.59. The maximum Gasteiger partial charge on any atom is 0.195 e. The van der Waals surface area contributed by atoms with Crippen LogP contribution < -0.4 is 5.32 Å². The molecule has 1 unspecified atom stereocenters. The molecule has 21 heavy (non-hydrogen) atoms. The second kappa shape index (κ2) is 7.43. The Labute approximate surface area is 129 Å². The molecule has 2 aromatic heterocycles. The molecule has 0 aliphatic carbocycles. The van der Waals surface area contributed by atoms with Gasteiger partial charge in [0.2, 0.25) is 0 Å². The summed E-state index contributed by atoms with van der Waals surface area (Å²) in [5, 5.41) is 21.9. The van der Waals surface area contributed by atoms with Gasteiger partial charge in [-0.25, -0.2) is 0 Å². The second-order valence-corrected chi connectivity index (χ2v) is 6.00. The molecular weight excluding hydrogens is 282 g/mol. The first-order chi connectivity index (χ1) is 10.2. The fraction of sp³-hybridized carbons (Fsp3) is 0.533. The number of hydrogen-bond donors (Lipinski definition) is 1. The van der Waals surface area contributed by atoms with Gasteiger partial charge in [-0.05, 0) is 37.9 Å². The van der Waals surface area contributed by atoms with E-state index in [0.717, 1.165) is 42.4 Å². The number of hydrogen-bond acceptors (Lipinski definition) is 5. The van der Waals surface area contributed by atoms with Gasteiger partial charge in [0.15, 0.2) is 10.8 Å². The van der Waals surface area contributed by atoms with Crippen molar-refractivity contribution in [3.05, 3.63) is 24.4 Å². The number of pyridine rings is 1. The molecule has 112 valence electrons. The van der Waals surface area contributed by atoms with Crippen molar-refractivity contribution in [2.75, 3.05) is 12.3 Å². The quantitative estimate of drug-likeness (QED) is 0.600. The van der Waals surface area contributed by atoms with E-state index in [1.54, 1.807) is 11.8 Å². The van der Waals surface area contributed by atoms with Gasteiger partial charge in [-0.15, -0.1) is 10.2 Å². The highest BCUT2D eigenvalue weighted by atomic mass is 32.2. The van der Waals surface area contributed by atoms with E-state index in [2.05, 4.69) is 28.5 Å². The van der Waals surface area contributed by atoms with Crippen LogP contribution in [0.15, 0.2) is 29.6 Å². The molecule has 0 aromatic carbocycles. The second-order valence-electron chi connectivity index (χ2n) is 4.94. The average Bonchev–Trinajstić information content (AvgIpc) is 2.94. The number of fused-ring (bicyclic) bond motifs is 1. The number of nitrogens with zero attached hydrogens (tertiary/aromatic N) is 4. The Morgan fingerprint density at radius 3 is 2.95 bits per heavy atom. The van der Waals surface area contributed by atoms with Gasteiger partial charge in [-0.2, -0.15) is 5.26 Å². The molecule has 2 heterocycles. The highest BCUT2D eigenvalue weighted by Gasteiger charge is 2.25. The van der Waals surface area contributed by atoms with Crippen LogP contribution in [0, 0.1) is 11.3 Å². The molecule has 0 amide bonds. The topological polar surface area (TPSA) is 66.0 Å². The molecule has 0 spiro atoms. The first-order valence-electron chi connectivity index (χ1n) is 7.33. The monoisotopic (exact) mass is 303 g/mol. The first-order valence-corrected chi connectivity index (χ1v) is 8.32. The van der Waals surface area contributed by atoms with Crippen LogP contribution >= 0.6 is 11.8 Å². The summed E-state index contributed by atoms with van der Waals surface area (Å²) >= 11 is 1.69. The Balaban J connectivity index is 1.88. The zero-order valence-corrected chi connectivity index (χ0v) is 13.4.